The lowest BCUT2D eigenvalue weighted by molar-refractivity contribution is -0.133. The number of rotatable bonds is 5. The SMILES string of the molecule is CN=C(NCc1csc(C(C)C)n1)NC1CCN(C(=O)C(C)C)C1. The van der Waals surface area contributed by atoms with Gasteiger partial charge in [0.1, 0.15) is 0 Å². The van der Waals surface area contributed by atoms with Crippen molar-refractivity contribution in [2.75, 3.05) is 20.1 Å². The molecule has 1 aliphatic rings. The van der Waals surface area contributed by atoms with Gasteiger partial charge in [-0.3, -0.25) is 9.79 Å². The molecule has 6 nitrogen and oxygen atoms in total. The van der Waals surface area contributed by atoms with Crippen molar-refractivity contribution in [1.82, 2.24) is 20.5 Å². The highest BCUT2D eigenvalue weighted by molar-refractivity contribution is 7.09. The van der Waals surface area contributed by atoms with Crippen molar-refractivity contribution >= 4 is 23.2 Å². The first-order chi connectivity index (χ1) is 11.4. The Morgan fingerprint density at radius 2 is 2.21 bits per heavy atom. The molecule has 0 saturated carbocycles. The summed E-state index contributed by atoms with van der Waals surface area (Å²) in [5.41, 5.74) is 1.04. The van der Waals surface area contributed by atoms with Crippen molar-refractivity contribution in [3.8, 4) is 0 Å². The van der Waals surface area contributed by atoms with Crippen molar-refractivity contribution < 1.29 is 4.79 Å². The van der Waals surface area contributed by atoms with E-state index in [9.17, 15) is 4.79 Å². The van der Waals surface area contributed by atoms with Crippen LogP contribution in [0.2, 0.25) is 0 Å². The molecule has 1 saturated heterocycles. The molecule has 0 spiro atoms. The second-order valence-corrected chi connectivity index (χ2v) is 7.72. The molecule has 1 aromatic heterocycles. The van der Waals surface area contributed by atoms with E-state index in [0.29, 0.717) is 12.5 Å². The van der Waals surface area contributed by atoms with Gasteiger partial charge in [0.15, 0.2) is 5.96 Å². The lowest BCUT2D eigenvalue weighted by atomic mass is 10.2. The molecule has 1 fully saturated rings. The number of aliphatic imine (C=N–C) groups is 1. The minimum absolute atomic E-state index is 0.0565. The summed E-state index contributed by atoms with van der Waals surface area (Å²) in [4.78, 5) is 22.9. The summed E-state index contributed by atoms with van der Waals surface area (Å²) in [6.07, 6.45) is 0.952. The highest BCUT2D eigenvalue weighted by Crippen LogP contribution is 2.19. The van der Waals surface area contributed by atoms with Gasteiger partial charge < -0.3 is 15.5 Å². The molecule has 2 rings (SSSR count). The van der Waals surface area contributed by atoms with E-state index in [-0.39, 0.29) is 17.9 Å². The van der Waals surface area contributed by atoms with E-state index in [1.54, 1.807) is 18.4 Å². The molecule has 1 amide bonds. The first-order valence-corrected chi connectivity index (χ1v) is 9.49. The third kappa shape index (κ3) is 4.93. The van der Waals surface area contributed by atoms with Crippen LogP contribution in [0.3, 0.4) is 0 Å². The van der Waals surface area contributed by atoms with Gasteiger partial charge in [0.05, 0.1) is 17.2 Å². The predicted molar refractivity (Wildman–Crippen MR) is 99.4 cm³/mol. The Morgan fingerprint density at radius 1 is 1.46 bits per heavy atom. The van der Waals surface area contributed by atoms with Gasteiger partial charge in [-0.15, -0.1) is 11.3 Å². The number of thiazole rings is 1. The number of nitrogens with zero attached hydrogens (tertiary/aromatic N) is 3. The number of hydrogen-bond donors (Lipinski definition) is 2. The standard InChI is InChI=1S/C17H29N5OS/c1-11(2)15-20-14(10-24-15)8-19-17(18-5)21-13-6-7-22(9-13)16(23)12(3)4/h10-13H,6-9H2,1-5H3,(H2,18,19,21). The molecule has 0 bridgehead atoms. The zero-order chi connectivity index (χ0) is 17.7. The van der Waals surface area contributed by atoms with E-state index in [0.717, 1.165) is 36.2 Å². The fourth-order valence-electron chi connectivity index (χ4n) is 2.67. The lowest BCUT2D eigenvalue weighted by Crippen LogP contribution is -2.45. The number of likely N-dealkylation sites (tertiary alicyclic amines) is 1. The van der Waals surface area contributed by atoms with Crippen molar-refractivity contribution in [1.29, 1.82) is 0 Å². The molecule has 0 aromatic carbocycles. The van der Waals surface area contributed by atoms with Gasteiger partial charge in [0.2, 0.25) is 5.91 Å². The van der Waals surface area contributed by atoms with Gasteiger partial charge in [-0.2, -0.15) is 0 Å². The average molecular weight is 352 g/mol. The van der Waals surface area contributed by atoms with Gasteiger partial charge in [-0.1, -0.05) is 27.7 Å². The lowest BCUT2D eigenvalue weighted by Gasteiger charge is -2.20. The van der Waals surface area contributed by atoms with Crippen LogP contribution >= 0.6 is 11.3 Å². The summed E-state index contributed by atoms with van der Waals surface area (Å²) < 4.78 is 0. The van der Waals surface area contributed by atoms with Crippen molar-refractivity contribution in [3.05, 3.63) is 16.1 Å². The van der Waals surface area contributed by atoms with E-state index in [4.69, 9.17) is 0 Å². The number of nitrogens with one attached hydrogen (secondary N) is 2. The molecule has 7 heteroatoms. The van der Waals surface area contributed by atoms with Crippen LogP contribution in [0, 0.1) is 5.92 Å². The summed E-state index contributed by atoms with van der Waals surface area (Å²) >= 11 is 1.70. The van der Waals surface area contributed by atoms with Crippen LogP contribution in [-0.2, 0) is 11.3 Å². The Balaban J connectivity index is 1.81. The molecular weight excluding hydrogens is 322 g/mol. The van der Waals surface area contributed by atoms with Gasteiger partial charge in [0.25, 0.3) is 0 Å². The Morgan fingerprint density at radius 3 is 2.79 bits per heavy atom. The number of amides is 1. The molecule has 1 aliphatic heterocycles. The maximum Gasteiger partial charge on any atom is 0.225 e. The third-order valence-corrected chi connectivity index (χ3v) is 5.25. The molecule has 1 atom stereocenters. The molecule has 0 radical (unpaired) electrons. The summed E-state index contributed by atoms with van der Waals surface area (Å²) in [6.45, 7) is 10.4. The third-order valence-electron chi connectivity index (χ3n) is 4.06. The maximum atomic E-state index is 12.1. The van der Waals surface area contributed by atoms with E-state index >= 15 is 0 Å². The van der Waals surface area contributed by atoms with Gasteiger partial charge >= 0.3 is 0 Å². The van der Waals surface area contributed by atoms with Crippen LogP contribution in [0.1, 0.15) is 50.7 Å². The second kappa shape index (κ2) is 8.46. The molecule has 0 aliphatic carbocycles. The van der Waals surface area contributed by atoms with E-state index < -0.39 is 0 Å². The summed E-state index contributed by atoms with van der Waals surface area (Å²) in [6, 6.07) is 0.251. The van der Waals surface area contributed by atoms with Crippen molar-refractivity contribution in [2.45, 2.75) is 52.6 Å². The normalized spacial score (nSPS) is 18.5. The highest BCUT2D eigenvalue weighted by Gasteiger charge is 2.27. The smallest absolute Gasteiger partial charge is 0.225 e. The number of carbonyl (C=O) groups excluding carboxylic acids is 1. The van der Waals surface area contributed by atoms with E-state index in [1.165, 1.54) is 0 Å². The number of guanidine groups is 1. The molecule has 134 valence electrons. The van der Waals surface area contributed by atoms with Crippen LogP contribution in [0.5, 0.6) is 0 Å². The van der Waals surface area contributed by atoms with Crippen LogP contribution in [0.15, 0.2) is 10.4 Å². The zero-order valence-electron chi connectivity index (χ0n) is 15.3. The average Bonchev–Trinajstić information content (AvgIpc) is 3.19. The molecule has 24 heavy (non-hydrogen) atoms. The van der Waals surface area contributed by atoms with E-state index in [1.807, 2.05) is 18.7 Å². The summed E-state index contributed by atoms with van der Waals surface area (Å²) in [5.74, 6) is 1.51. The minimum atomic E-state index is 0.0565. The van der Waals surface area contributed by atoms with Gasteiger partial charge in [-0.25, -0.2) is 4.98 Å². The van der Waals surface area contributed by atoms with Gasteiger partial charge in [0, 0.05) is 43.4 Å². The second-order valence-electron chi connectivity index (χ2n) is 6.83. The van der Waals surface area contributed by atoms with Crippen molar-refractivity contribution in [3.63, 3.8) is 0 Å². The quantitative estimate of drug-likeness (QED) is 0.630. The predicted octanol–water partition coefficient (Wildman–Crippen LogP) is 2.19. The van der Waals surface area contributed by atoms with Gasteiger partial charge in [-0.05, 0) is 6.42 Å². The number of carbonyl (C=O) groups is 1. The molecule has 2 heterocycles. The first-order valence-electron chi connectivity index (χ1n) is 8.61. The van der Waals surface area contributed by atoms with E-state index in [2.05, 4.69) is 39.8 Å². The molecule has 2 N–H and O–H groups in total. The molecular formula is C17H29N5OS. The largest absolute Gasteiger partial charge is 0.352 e. The topological polar surface area (TPSA) is 69.6 Å². The van der Waals surface area contributed by atoms with Crippen LogP contribution < -0.4 is 10.6 Å². The maximum absolute atomic E-state index is 12.1. The summed E-state index contributed by atoms with van der Waals surface area (Å²) in [5, 5.41) is 9.97. The Labute approximate surface area is 148 Å². The van der Waals surface area contributed by atoms with Crippen LogP contribution in [0.4, 0.5) is 0 Å². The zero-order valence-corrected chi connectivity index (χ0v) is 16.1. The molecule has 1 aromatic rings. The number of hydrogen-bond acceptors (Lipinski definition) is 4. The Kier molecular flexibility index (Phi) is 6.60. The fraction of sp³-hybridized carbons (Fsp3) is 0.706. The van der Waals surface area contributed by atoms with Crippen LogP contribution in [-0.4, -0.2) is 47.9 Å². The number of aromatic nitrogens is 1. The van der Waals surface area contributed by atoms with Crippen molar-refractivity contribution in [2.24, 2.45) is 10.9 Å². The molecule has 1 unspecified atom stereocenters. The Hall–Kier alpha value is -1.63. The fourth-order valence-corrected chi connectivity index (χ4v) is 3.51. The van der Waals surface area contributed by atoms with Crippen LogP contribution in [0.25, 0.3) is 0 Å². The summed E-state index contributed by atoms with van der Waals surface area (Å²) in [7, 11) is 1.77. The minimum Gasteiger partial charge on any atom is -0.352 e. The first kappa shape index (κ1) is 18.7. The monoisotopic (exact) mass is 351 g/mol. The highest BCUT2D eigenvalue weighted by atomic mass is 32.1. The Bertz CT molecular complexity index is 581.